The van der Waals surface area contributed by atoms with Crippen molar-refractivity contribution in [3.63, 3.8) is 0 Å². The van der Waals surface area contributed by atoms with Crippen LogP contribution in [0.5, 0.6) is 0 Å². The molecule has 0 aliphatic carbocycles. The summed E-state index contributed by atoms with van der Waals surface area (Å²) >= 11 is 0. The molecule has 1 aromatic carbocycles. The Balaban J connectivity index is 2.21. The van der Waals surface area contributed by atoms with Gasteiger partial charge in [-0.1, -0.05) is 0 Å². The molecule has 0 aliphatic rings. The number of aromatic amines is 1. The van der Waals surface area contributed by atoms with Crippen molar-refractivity contribution in [3.05, 3.63) is 52.9 Å². The minimum Gasteiger partial charge on any atom is -0.348 e. The van der Waals surface area contributed by atoms with E-state index >= 15 is 0 Å². The summed E-state index contributed by atoms with van der Waals surface area (Å²) in [5.74, 6) is -11.4. The molecule has 1 atom stereocenters. The van der Waals surface area contributed by atoms with Crippen LogP contribution in [0.25, 0.3) is 0 Å². The molecule has 118 valence electrons. The lowest BCUT2D eigenvalue weighted by atomic mass is 10.00. The molecule has 22 heavy (non-hydrogen) atoms. The van der Waals surface area contributed by atoms with Gasteiger partial charge in [-0.25, -0.2) is 26.9 Å². The van der Waals surface area contributed by atoms with Gasteiger partial charge >= 0.3 is 0 Å². The summed E-state index contributed by atoms with van der Waals surface area (Å²) in [5.41, 5.74) is 4.86. The molecule has 4 nitrogen and oxygen atoms in total. The van der Waals surface area contributed by atoms with Gasteiger partial charge in [-0.15, -0.1) is 0 Å². The summed E-state index contributed by atoms with van der Waals surface area (Å²) in [6.45, 7) is 0. The number of hydrogen-bond acceptors (Lipinski definition) is 3. The molecule has 0 spiro atoms. The van der Waals surface area contributed by atoms with Gasteiger partial charge in [-0.05, 0) is 0 Å². The molecule has 9 heteroatoms. The van der Waals surface area contributed by atoms with Gasteiger partial charge in [0.15, 0.2) is 29.1 Å². The predicted octanol–water partition coefficient (Wildman–Crippen LogP) is 1.79. The Morgan fingerprint density at radius 2 is 1.64 bits per heavy atom. The van der Waals surface area contributed by atoms with Crippen LogP contribution in [0, 0.1) is 29.1 Å². The van der Waals surface area contributed by atoms with Crippen molar-refractivity contribution < 1.29 is 26.7 Å². The summed E-state index contributed by atoms with van der Waals surface area (Å²) in [6, 6.07) is -1.17. The highest BCUT2D eigenvalue weighted by atomic mass is 19.2. The smallest absolute Gasteiger partial charge is 0.200 e. The molecule has 1 heterocycles. The normalized spacial score (nSPS) is 12.5. The number of nitrogens with one attached hydrogen (secondary N) is 1. The van der Waals surface area contributed by atoms with Crippen molar-refractivity contribution in [1.82, 2.24) is 9.97 Å². The maximum absolute atomic E-state index is 13.5. The van der Waals surface area contributed by atoms with Gasteiger partial charge in [-0.3, -0.25) is 4.79 Å². The van der Waals surface area contributed by atoms with Gasteiger partial charge in [0.05, 0.1) is 12.4 Å². The molecule has 2 aromatic rings. The predicted molar refractivity (Wildman–Crippen MR) is 65.2 cm³/mol. The van der Waals surface area contributed by atoms with E-state index in [9.17, 15) is 26.7 Å². The fourth-order valence-electron chi connectivity index (χ4n) is 1.86. The highest BCUT2D eigenvalue weighted by molar-refractivity contribution is 5.86. The first kappa shape index (κ1) is 16.1. The van der Waals surface area contributed by atoms with Crippen LogP contribution in [-0.4, -0.2) is 21.8 Å². The molecule has 0 bridgehead atoms. The number of aromatic nitrogens is 2. The zero-order valence-corrected chi connectivity index (χ0v) is 11.0. The monoisotopic (exact) mass is 319 g/mol. The van der Waals surface area contributed by atoms with Crippen LogP contribution in [-0.2, 0) is 17.6 Å². The number of ketones is 1. The first-order chi connectivity index (χ1) is 10.3. The summed E-state index contributed by atoms with van der Waals surface area (Å²) in [6.07, 6.45) is 1.73. The number of imidazole rings is 1. The maximum atomic E-state index is 13.5. The molecule has 0 aliphatic heterocycles. The summed E-state index contributed by atoms with van der Waals surface area (Å²) in [7, 11) is 0. The summed E-state index contributed by atoms with van der Waals surface area (Å²) < 4.78 is 65.9. The molecular weight excluding hydrogens is 309 g/mol. The molecule has 0 fully saturated rings. The molecule has 1 aromatic heterocycles. The molecule has 0 amide bonds. The number of carbonyl (C=O) groups is 1. The SMILES string of the molecule is N[C@@H](Cc1cnc[nH]1)C(=O)Cc1c(F)c(F)c(F)c(F)c1F. The van der Waals surface area contributed by atoms with E-state index in [1.54, 1.807) is 0 Å². The standard InChI is InChI=1S/C13H10F5N3O/c14-9-6(10(15)12(17)13(18)11(9)16)2-8(22)7(19)1-5-3-20-4-21-5/h3-4,7H,1-2,19H2,(H,20,21)/t7-/m0/s1. The van der Waals surface area contributed by atoms with Gasteiger partial charge in [0.1, 0.15) is 0 Å². The number of carbonyl (C=O) groups excluding carboxylic acids is 1. The van der Waals surface area contributed by atoms with Gasteiger partial charge in [0, 0.05) is 30.3 Å². The minimum atomic E-state index is -2.27. The number of nitrogens with zero attached hydrogens (tertiary/aromatic N) is 1. The highest BCUT2D eigenvalue weighted by Gasteiger charge is 2.28. The molecule has 2 rings (SSSR count). The average Bonchev–Trinajstić information content (AvgIpc) is 3.00. The van der Waals surface area contributed by atoms with Crippen LogP contribution in [0.3, 0.4) is 0 Å². The van der Waals surface area contributed by atoms with Crippen molar-refractivity contribution >= 4 is 5.78 Å². The number of rotatable bonds is 5. The molecular formula is C13H10F5N3O. The number of Topliss-reactive ketones (excluding diaryl/α,β-unsaturated/α-hetero) is 1. The van der Waals surface area contributed by atoms with E-state index in [1.165, 1.54) is 12.5 Å². The Morgan fingerprint density at radius 3 is 2.14 bits per heavy atom. The topological polar surface area (TPSA) is 71.8 Å². The lowest BCUT2D eigenvalue weighted by molar-refractivity contribution is -0.119. The summed E-state index contributed by atoms with van der Waals surface area (Å²) in [4.78, 5) is 18.2. The van der Waals surface area contributed by atoms with E-state index < -0.39 is 52.9 Å². The van der Waals surface area contributed by atoms with Crippen molar-refractivity contribution in [1.29, 1.82) is 0 Å². The van der Waals surface area contributed by atoms with Crippen LogP contribution in [0.2, 0.25) is 0 Å². The van der Waals surface area contributed by atoms with Crippen molar-refractivity contribution in [2.24, 2.45) is 5.73 Å². The van der Waals surface area contributed by atoms with Crippen LogP contribution in [0.15, 0.2) is 12.5 Å². The second kappa shape index (κ2) is 6.22. The van der Waals surface area contributed by atoms with Crippen LogP contribution in [0.4, 0.5) is 22.0 Å². The van der Waals surface area contributed by atoms with Gasteiger partial charge < -0.3 is 10.7 Å². The third kappa shape index (κ3) is 2.98. The zero-order chi connectivity index (χ0) is 16.4. The number of H-pyrrole nitrogens is 1. The third-order valence-corrected chi connectivity index (χ3v) is 3.06. The first-order valence-corrected chi connectivity index (χ1v) is 6.08. The second-order valence-electron chi connectivity index (χ2n) is 4.58. The van der Waals surface area contributed by atoms with Crippen molar-refractivity contribution in [3.8, 4) is 0 Å². The zero-order valence-electron chi connectivity index (χ0n) is 11.0. The maximum Gasteiger partial charge on any atom is 0.200 e. The van der Waals surface area contributed by atoms with E-state index in [0.29, 0.717) is 5.69 Å². The Hall–Kier alpha value is -2.29. The number of halogens is 5. The number of hydrogen-bond donors (Lipinski definition) is 2. The van der Waals surface area contributed by atoms with E-state index in [-0.39, 0.29) is 6.42 Å². The quantitative estimate of drug-likeness (QED) is 0.501. The average molecular weight is 319 g/mol. The van der Waals surface area contributed by atoms with Crippen LogP contribution >= 0.6 is 0 Å². The van der Waals surface area contributed by atoms with Gasteiger partial charge in [0.25, 0.3) is 0 Å². The van der Waals surface area contributed by atoms with E-state index in [0.717, 1.165) is 0 Å². The molecule has 0 saturated carbocycles. The van der Waals surface area contributed by atoms with Gasteiger partial charge in [0.2, 0.25) is 5.82 Å². The fourth-order valence-corrected chi connectivity index (χ4v) is 1.86. The Labute approximate surface area is 121 Å². The number of nitrogens with two attached hydrogens (primary N) is 1. The molecule has 0 radical (unpaired) electrons. The Bertz CT molecular complexity index is 673. The van der Waals surface area contributed by atoms with E-state index in [4.69, 9.17) is 5.73 Å². The molecule has 3 N–H and O–H groups in total. The highest BCUT2D eigenvalue weighted by Crippen LogP contribution is 2.23. The lowest BCUT2D eigenvalue weighted by Gasteiger charge is -2.11. The Morgan fingerprint density at radius 1 is 1.09 bits per heavy atom. The Kier molecular flexibility index (Phi) is 4.55. The minimum absolute atomic E-state index is 0.00572. The van der Waals surface area contributed by atoms with E-state index in [1.807, 2.05) is 0 Å². The lowest BCUT2D eigenvalue weighted by Crippen LogP contribution is -2.34. The molecule has 0 saturated heterocycles. The first-order valence-electron chi connectivity index (χ1n) is 6.08. The van der Waals surface area contributed by atoms with Crippen molar-refractivity contribution in [2.45, 2.75) is 18.9 Å². The third-order valence-electron chi connectivity index (χ3n) is 3.06. The fraction of sp³-hybridized carbons (Fsp3) is 0.231. The van der Waals surface area contributed by atoms with Crippen LogP contribution < -0.4 is 5.73 Å². The second-order valence-corrected chi connectivity index (χ2v) is 4.58. The van der Waals surface area contributed by atoms with E-state index in [2.05, 4.69) is 9.97 Å². The van der Waals surface area contributed by atoms with Gasteiger partial charge in [-0.2, -0.15) is 0 Å². The van der Waals surface area contributed by atoms with Crippen molar-refractivity contribution in [2.75, 3.05) is 0 Å². The largest absolute Gasteiger partial charge is 0.348 e. The van der Waals surface area contributed by atoms with Crippen LogP contribution in [0.1, 0.15) is 11.3 Å². The number of benzene rings is 1. The molecule has 0 unspecified atom stereocenters. The summed E-state index contributed by atoms with van der Waals surface area (Å²) in [5, 5.41) is 0.